The summed E-state index contributed by atoms with van der Waals surface area (Å²) in [6.45, 7) is 4.90. The van der Waals surface area contributed by atoms with Crippen LogP contribution in [0.15, 0.2) is 42.5 Å². The zero-order valence-electron chi connectivity index (χ0n) is 15.1. The molecule has 1 heterocycles. The first kappa shape index (κ1) is 17.6. The third-order valence-corrected chi connectivity index (χ3v) is 3.84. The van der Waals surface area contributed by atoms with E-state index in [2.05, 4.69) is 29.9 Å². The Morgan fingerprint density at radius 3 is 2.58 bits per heavy atom. The predicted molar refractivity (Wildman–Crippen MR) is 103 cm³/mol. The molecule has 0 aliphatic heterocycles. The molecule has 5 nitrogen and oxygen atoms in total. The van der Waals surface area contributed by atoms with Crippen LogP contribution in [0.25, 0.3) is 22.7 Å². The van der Waals surface area contributed by atoms with E-state index < -0.39 is 0 Å². The molecule has 0 radical (unpaired) electrons. The van der Waals surface area contributed by atoms with Gasteiger partial charge in [0.05, 0.1) is 30.3 Å². The van der Waals surface area contributed by atoms with Gasteiger partial charge in [0.2, 0.25) is 0 Å². The van der Waals surface area contributed by atoms with E-state index in [-0.39, 0.29) is 0 Å². The van der Waals surface area contributed by atoms with Gasteiger partial charge in [-0.15, -0.1) is 0 Å². The average molecular weight is 347 g/mol. The molecule has 1 aromatic heterocycles. The Bertz CT molecular complexity index is 963. The lowest BCUT2D eigenvalue weighted by atomic mass is 10.1. The van der Waals surface area contributed by atoms with Gasteiger partial charge < -0.3 is 14.5 Å². The number of allylic oxidation sites excluding steroid dienone is 1. The molecule has 0 aliphatic carbocycles. The monoisotopic (exact) mass is 347 g/mol. The summed E-state index contributed by atoms with van der Waals surface area (Å²) in [5, 5.41) is 9.54. The standard InChI is InChI=1S/C21H21N3O2/c1-14(2)13-26-17-6-4-15(5-7-17)10-16(12-22)21-23-19-9-8-18(25-3)11-20(19)24-21/h4-11,14H,13H2,1-3H3,(H,23,24)/b16-10-. The number of rotatable bonds is 6. The number of ether oxygens (including phenoxy) is 2. The van der Waals surface area contributed by atoms with E-state index in [9.17, 15) is 5.26 Å². The summed E-state index contributed by atoms with van der Waals surface area (Å²) < 4.78 is 10.9. The molecule has 1 N–H and O–H groups in total. The average Bonchev–Trinajstić information content (AvgIpc) is 3.08. The van der Waals surface area contributed by atoms with Crippen LogP contribution in [0.2, 0.25) is 0 Å². The van der Waals surface area contributed by atoms with Crippen LogP contribution in [-0.4, -0.2) is 23.7 Å². The van der Waals surface area contributed by atoms with Gasteiger partial charge >= 0.3 is 0 Å². The number of H-pyrrole nitrogens is 1. The van der Waals surface area contributed by atoms with Crippen molar-refractivity contribution in [1.82, 2.24) is 9.97 Å². The van der Waals surface area contributed by atoms with Gasteiger partial charge in [0.15, 0.2) is 0 Å². The van der Waals surface area contributed by atoms with E-state index in [4.69, 9.17) is 9.47 Å². The molecule has 132 valence electrons. The molecule has 0 spiro atoms. The third kappa shape index (κ3) is 4.04. The zero-order valence-corrected chi connectivity index (χ0v) is 15.1. The van der Waals surface area contributed by atoms with Gasteiger partial charge in [-0.25, -0.2) is 4.98 Å². The van der Waals surface area contributed by atoms with Crippen molar-refractivity contribution in [3.05, 3.63) is 53.9 Å². The number of nitriles is 1. The number of benzene rings is 2. The van der Waals surface area contributed by atoms with Crippen LogP contribution < -0.4 is 9.47 Å². The first-order valence-corrected chi connectivity index (χ1v) is 8.48. The maximum Gasteiger partial charge on any atom is 0.149 e. The molecule has 26 heavy (non-hydrogen) atoms. The third-order valence-electron chi connectivity index (χ3n) is 3.84. The number of nitrogens with zero attached hydrogens (tertiary/aromatic N) is 2. The highest BCUT2D eigenvalue weighted by atomic mass is 16.5. The van der Waals surface area contributed by atoms with E-state index >= 15 is 0 Å². The minimum Gasteiger partial charge on any atom is -0.497 e. The van der Waals surface area contributed by atoms with E-state index in [1.807, 2.05) is 42.5 Å². The van der Waals surface area contributed by atoms with Crippen molar-refractivity contribution in [3.8, 4) is 17.6 Å². The normalized spacial score (nSPS) is 11.6. The summed E-state index contributed by atoms with van der Waals surface area (Å²) in [7, 11) is 1.62. The molecule has 0 unspecified atom stereocenters. The summed E-state index contributed by atoms with van der Waals surface area (Å²) in [6, 6.07) is 15.5. The van der Waals surface area contributed by atoms with Crippen LogP contribution in [0.5, 0.6) is 11.5 Å². The van der Waals surface area contributed by atoms with Crippen molar-refractivity contribution in [3.63, 3.8) is 0 Å². The molecule has 0 amide bonds. The van der Waals surface area contributed by atoms with Crippen LogP contribution in [-0.2, 0) is 0 Å². The molecule has 2 aromatic carbocycles. The second kappa shape index (κ2) is 7.75. The lowest BCUT2D eigenvalue weighted by Gasteiger charge is -2.08. The van der Waals surface area contributed by atoms with Gasteiger partial charge in [-0.2, -0.15) is 5.26 Å². The fourth-order valence-corrected chi connectivity index (χ4v) is 2.49. The molecule has 3 rings (SSSR count). The first-order valence-electron chi connectivity index (χ1n) is 8.48. The number of nitrogens with one attached hydrogen (secondary N) is 1. The van der Waals surface area contributed by atoms with Gasteiger partial charge in [0.25, 0.3) is 0 Å². The number of hydrogen-bond donors (Lipinski definition) is 1. The highest BCUT2D eigenvalue weighted by Gasteiger charge is 2.09. The Labute approximate surface area is 152 Å². The van der Waals surface area contributed by atoms with Crippen molar-refractivity contribution < 1.29 is 9.47 Å². The van der Waals surface area contributed by atoms with Gasteiger partial charge in [0.1, 0.15) is 23.4 Å². The molecule has 0 bridgehead atoms. The van der Waals surface area contributed by atoms with Crippen LogP contribution >= 0.6 is 0 Å². The van der Waals surface area contributed by atoms with Crippen molar-refractivity contribution in [2.75, 3.05) is 13.7 Å². The van der Waals surface area contributed by atoms with Gasteiger partial charge in [-0.3, -0.25) is 0 Å². The molecule has 5 heteroatoms. The van der Waals surface area contributed by atoms with Crippen LogP contribution in [0, 0.1) is 17.2 Å². The summed E-state index contributed by atoms with van der Waals surface area (Å²) in [5.41, 5.74) is 3.00. The van der Waals surface area contributed by atoms with Crippen molar-refractivity contribution >= 4 is 22.7 Å². The fourth-order valence-electron chi connectivity index (χ4n) is 2.49. The van der Waals surface area contributed by atoms with E-state index in [1.54, 1.807) is 13.2 Å². The lowest BCUT2D eigenvalue weighted by molar-refractivity contribution is 0.271. The first-order chi connectivity index (χ1) is 12.6. The maximum atomic E-state index is 9.54. The summed E-state index contributed by atoms with van der Waals surface area (Å²) in [5.74, 6) is 2.58. The minimum absolute atomic E-state index is 0.469. The SMILES string of the molecule is COc1ccc2nc(/C(C#N)=C\c3ccc(OCC(C)C)cc3)[nH]c2c1. The number of aromatic nitrogens is 2. The molecule has 0 atom stereocenters. The molecular weight excluding hydrogens is 326 g/mol. The smallest absolute Gasteiger partial charge is 0.149 e. The van der Waals surface area contributed by atoms with E-state index in [0.717, 1.165) is 28.1 Å². The second-order valence-electron chi connectivity index (χ2n) is 6.41. The highest BCUT2D eigenvalue weighted by Crippen LogP contribution is 2.23. The number of imidazole rings is 1. The minimum atomic E-state index is 0.469. The molecular formula is C21H21N3O2. The van der Waals surface area contributed by atoms with Gasteiger partial charge in [-0.1, -0.05) is 26.0 Å². The Morgan fingerprint density at radius 1 is 1.19 bits per heavy atom. The molecule has 3 aromatic rings. The predicted octanol–water partition coefficient (Wildman–Crippen LogP) is 4.67. The summed E-state index contributed by atoms with van der Waals surface area (Å²) >= 11 is 0. The van der Waals surface area contributed by atoms with Crippen molar-refractivity contribution in [1.29, 1.82) is 5.26 Å². The fraction of sp³-hybridized carbons (Fsp3) is 0.238. The second-order valence-corrected chi connectivity index (χ2v) is 6.41. The van der Waals surface area contributed by atoms with Crippen LogP contribution in [0.1, 0.15) is 25.2 Å². The topological polar surface area (TPSA) is 70.9 Å². The Morgan fingerprint density at radius 2 is 1.92 bits per heavy atom. The number of fused-ring (bicyclic) bond motifs is 1. The van der Waals surface area contributed by atoms with Gasteiger partial charge in [0, 0.05) is 6.07 Å². The lowest BCUT2D eigenvalue weighted by Crippen LogP contribution is -2.04. The number of hydrogen-bond acceptors (Lipinski definition) is 4. The largest absolute Gasteiger partial charge is 0.497 e. The summed E-state index contributed by atoms with van der Waals surface area (Å²) in [4.78, 5) is 7.67. The van der Waals surface area contributed by atoms with E-state index in [0.29, 0.717) is 23.9 Å². The molecule has 0 saturated heterocycles. The zero-order chi connectivity index (χ0) is 18.5. The molecule has 0 fully saturated rings. The Balaban J connectivity index is 1.85. The number of methoxy groups -OCH3 is 1. The van der Waals surface area contributed by atoms with Crippen LogP contribution in [0.3, 0.4) is 0 Å². The Hall–Kier alpha value is -3.26. The van der Waals surface area contributed by atoms with Crippen LogP contribution in [0.4, 0.5) is 0 Å². The highest BCUT2D eigenvalue weighted by molar-refractivity contribution is 5.90. The quantitative estimate of drug-likeness (QED) is 0.658. The maximum absolute atomic E-state index is 9.54. The number of aromatic amines is 1. The van der Waals surface area contributed by atoms with Crippen molar-refractivity contribution in [2.24, 2.45) is 5.92 Å². The van der Waals surface area contributed by atoms with Gasteiger partial charge in [-0.05, 0) is 41.8 Å². The summed E-state index contributed by atoms with van der Waals surface area (Å²) in [6.07, 6.45) is 1.81. The van der Waals surface area contributed by atoms with E-state index in [1.165, 1.54) is 0 Å². The van der Waals surface area contributed by atoms with Crippen molar-refractivity contribution in [2.45, 2.75) is 13.8 Å². The Kier molecular flexibility index (Phi) is 5.23. The molecule has 0 saturated carbocycles. The molecule has 0 aliphatic rings.